The first kappa shape index (κ1) is 18.1. The van der Waals surface area contributed by atoms with Crippen LogP contribution in [0.15, 0.2) is 78.9 Å². The van der Waals surface area contributed by atoms with Gasteiger partial charge in [0.2, 0.25) is 0 Å². The van der Waals surface area contributed by atoms with Gasteiger partial charge in [-0.2, -0.15) is 0 Å². The van der Waals surface area contributed by atoms with Gasteiger partial charge in [-0.25, -0.2) is 4.79 Å². The summed E-state index contributed by atoms with van der Waals surface area (Å²) in [4.78, 5) is 12.2. The average molecular weight is 364 g/mol. The SMILES string of the molecule is CS(=O)Cc1cccc(C(=O)OCc2ccc(-c3ccccc3)cc2)c1. The third-order valence-electron chi connectivity index (χ3n) is 3.96. The summed E-state index contributed by atoms with van der Waals surface area (Å²) in [5, 5.41) is 0. The molecule has 0 aliphatic heterocycles. The van der Waals surface area contributed by atoms with Crippen LogP contribution in [0.5, 0.6) is 0 Å². The van der Waals surface area contributed by atoms with Gasteiger partial charge in [-0.15, -0.1) is 0 Å². The standard InChI is InChI=1S/C22H20O3S/c1-26(24)16-18-6-5-9-21(14-18)22(23)25-15-17-10-12-20(13-11-17)19-7-3-2-4-8-19/h2-14H,15-16H2,1H3. The van der Waals surface area contributed by atoms with Crippen molar-refractivity contribution in [2.75, 3.05) is 6.26 Å². The zero-order chi connectivity index (χ0) is 18.4. The number of benzene rings is 3. The quantitative estimate of drug-likeness (QED) is 0.601. The van der Waals surface area contributed by atoms with Gasteiger partial charge in [-0.3, -0.25) is 4.21 Å². The van der Waals surface area contributed by atoms with Crippen molar-refractivity contribution in [1.82, 2.24) is 0 Å². The molecule has 3 aromatic rings. The third-order valence-corrected chi connectivity index (χ3v) is 4.70. The molecule has 0 heterocycles. The molecule has 0 spiro atoms. The lowest BCUT2D eigenvalue weighted by Crippen LogP contribution is -2.06. The minimum absolute atomic E-state index is 0.220. The molecule has 3 nitrogen and oxygen atoms in total. The lowest BCUT2D eigenvalue weighted by Gasteiger charge is -2.07. The molecule has 0 saturated heterocycles. The van der Waals surface area contributed by atoms with E-state index < -0.39 is 10.8 Å². The molecule has 132 valence electrons. The van der Waals surface area contributed by atoms with Crippen molar-refractivity contribution in [3.8, 4) is 11.1 Å². The van der Waals surface area contributed by atoms with E-state index in [1.807, 2.05) is 48.5 Å². The summed E-state index contributed by atoms with van der Waals surface area (Å²) in [5.74, 6) is 0.0584. The van der Waals surface area contributed by atoms with Gasteiger partial charge in [0.05, 0.1) is 5.56 Å². The molecule has 3 aromatic carbocycles. The van der Waals surface area contributed by atoms with Crippen LogP contribution in [0.3, 0.4) is 0 Å². The van der Waals surface area contributed by atoms with Crippen molar-refractivity contribution in [1.29, 1.82) is 0 Å². The molecule has 0 aliphatic rings. The van der Waals surface area contributed by atoms with E-state index in [9.17, 15) is 9.00 Å². The third kappa shape index (κ3) is 4.90. The van der Waals surface area contributed by atoms with Crippen LogP contribution in [0.25, 0.3) is 11.1 Å². The van der Waals surface area contributed by atoms with Crippen molar-refractivity contribution in [3.05, 3.63) is 95.6 Å². The number of esters is 1. The Morgan fingerprint density at radius 3 is 2.23 bits per heavy atom. The summed E-state index contributed by atoms with van der Waals surface area (Å²) in [5.41, 5.74) is 4.56. The minimum atomic E-state index is -0.942. The van der Waals surface area contributed by atoms with Gasteiger partial charge in [0.1, 0.15) is 6.61 Å². The first-order valence-corrected chi connectivity index (χ1v) is 10.0. The van der Waals surface area contributed by atoms with Crippen LogP contribution in [0.2, 0.25) is 0 Å². The fraction of sp³-hybridized carbons (Fsp3) is 0.136. The highest BCUT2D eigenvalue weighted by Gasteiger charge is 2.09. The first-order valence-electron chi connectivity index (χ1n) is 8.32. The number of ether oxygens (including phenoxy) is 1. The predicted molar refractivity (Wildman–Crippen MR) is 105 cm³/mol. The normalized spacial score (nSPS) is 11.7. The number of rotatable bonds is 6. The molecule has 1 atom stereocenters. The largest absolute Gasteiger partial charge is 0.457 e. The predicted octanol–water partition coefficient (Wildman–Crippen LogP) is 4.59. The topological polar surface area (TPSA) is 43.4 Å². The Balaban J connectivity index is 1.62. The van der Waals surface area contributed by atoms with Gasteiger partial charge < -0.3 is 4.74 Å². The lowest BCUT2D eigenvalue weighted by atomic mass is 10.0. The summed E-state index contributed by atoms with van der Waals surface area (Å²) in [6.45, 7) is 0.220. The van der Waals surface area contributed by atoms with Crippen molar-refractivity contribution in [2.45, 2.75) is 12.4 Å². The maximum Gasteiger partial charge on any atom is 0.338 e. The molecule has 26 heavy (non-hydrogen) atoms. The summed E-state index contributed by atoms with van der Waals surface area (Å²) < 4.78 is 16.7. The molecule has 0 aliphatic carbocycles. The van der Waals surface area contributed by atoms with Gasteiger partial charge in [0, 0.05) is 22.8 Å². The summed E-state index contributed by atoms with van der Waals surface area (Å²) in [7, 11) is -0.942. The van der Waals surface area contributed by atoms with E-state index in [0.29, 0.717) is 11.3 Å². The fourth-order valence-electron chi connectivity index (χ4n) is 2.68. The molecular weight excluding hydrogens is 344 g/mol. The van der Waals surface area contributed by atoms with Crippen molar-refractivity contribution >= 4 is 16.8 Å². The fourth-order valence-corrected chi connectivity index (χ4v) is 3.33. The van der Waals surface area contributed by atoms with E-state index in [1.54, 1.807) is 24.5 Å². The van der Waals surface area contributed by atoms with Crippen molar-refractivity contribution in [2.24, 2.45) is 0 Å². The summed E-state index contributed by atoms with van der Waals surface area (Å²) in [6.07, 6.45) is 1.64. The Kier molecular flexibility index (Phi) is 5.97. The number of hydrogen-bond donors (Lipinski definition) is 0. The van der Waals surface area contributed by atoms with Crippen LogP contribution >= 0.6 is 0 Å². The molecule has 0 bridgehead atoms. The molecular formula is C22H20O3S. The van der Waals surface area contributed by atoms with Gasteiger partial charge in [-0.1, -0.05) is 66.7 Å². The highest BCUT2D eigenvalue weighted by atomic mass is 32.2. The Morgan fingerprint density at radius 2 is 1.54 bits per heavy atom. The second kappa shape index (κ2) is 8.59. The number of carbonyl (C=O) groups excluding carboxylic acids is 1. The van der Waals surface area contributed by atoms with Crippen LogP contribution in [-0.2, 0) is 27.9 Å². The zero-order valence-corrected chi connectivity index (χ0v) is 15.4. The van der Waals surface area contributed by atoms with Gasteiger partial charge in [-0.05, 0) is 34.4 Å². The van der Waals surface area contributed by atoms with Crippen molar-refractivity contribution < 1.29 is 13.7 Å². The van der Waals surface area contributed by atoms with E-state index >= 15 is 0 Å². The van der Waals surface area contributed by atoms with Crippen LogP contribution in [0.1, 0.15) is 21.5 Å². The minimum Gasteiger partial charge on any atom is -0.457 e. The van der Waals surface area contributed by atoms with E-state index in [-0.39, 0.29) is 12.6 Å². The Morgan fingerprint density at radius 1 is 0.846 bits per heavy atom. The van der Waals surface area contributed by atoms with Crippen LogP contribution in [-0.4, -0.2) is 16.4 Å². The molecule has 3 rings (SSSR count). The van der Waals surface area contributed by atoms with E-state index in [4.69, 9.17) is 4.74 Å². The molecule has 4 heteroatoms. The van der Waals surface area contributed by atoms with E-state index in [0.717, 1.165) is 22.3 Å². The molecule has 0 amide bonds. The Labute approximate surface area is 156 Å². The van der Waals surface area contributed by atoms with Gasteiger partial charge in [0.15, 0.2) is 0 Å². The number of hydrogen-bond acceptors (Lipinski definition) is 3. The maximum atomic E-state index is 12.2. The van der Waals surface area contributed by atoms with Gasteiger partial charge in [0.25, 0.3) is 0 Å². The second-order valence-corrected chi connectivity index (χ2v) is 7.49. The highest BCUT2D eigenvalue weighted by Crippen LogP contribution is 2.19. The monoisotopic (exact) mass is 364 g/mol. The smallest absolute Gasteiger partial charge is 0.338 e. The molecule has 0 saturated carbocycles. The van der Waals surface area contributed by atoms with Crippen LogP contribution in [0, 0.1) is 0 Å². The number of carbonyl (C=O) groups is 1. The van der Waals surface area contributed by atoms with Crippen LogP contribution < -0.4 is 0 Å². The van der Waals surface area contributed by atoms with E-state index in [2.05, 4.69) is 12.1 Å². The highest BCUT2D eigenvalue weighted by molar-refractivity contribution is 7.83. The molecule has 0 aromatic heterocycles. The first-order chi connectivity index (χ1) is 12.6. The Hall–Kier alpha value is -2.72. The average Bonchev–Trinajstić information content (AvgIpc) is 2.67. The van der Waals surface area contributed by atoms with Crippen LogP contribution in [0.4, 0.5) is 0 Å². The molecule has 0 N–H and O–H groups in total. The van der Waals surface area contributed by atoms with E-state index in [1.165, 1.54) is 0 Å². The van der Waals surface area contributed by atoms with Gasteiger partial charge >= 0.3 is 5.97 Å². The molecule has 1 unspecified atom stereocenters. The second-order valence-electron chi connectivity index (χ2n) is 6.06. The molecule has 0 radical (unpaired) electrons. The zero-order valence-electron chi connectivity index (χ0n) is 14.6. The lowest BCUT2D eigenvalue weighted by molar-refractivity contribution is 0.0472. The van der Waals surface area contributed by atoms with Crippen molar-refractivity contribution in [3.63, 3.8) is 0 Å². The summed E-state index contributed by atoms with van der Waals surface area (Å²) >= 11 is 0. The summed E-state index contributed by atoms with van der Waals surface area (Å²) in [6, 6.07) is 25.2. The Bertz CT molecular complexity index is 902. The molecule has 0 fully saturated rings. The maximum absolute atomic E-state index is 12.2.